The van der Waals surface area contributed by atoms with Crippen molar-refractivity contribution in [1.82, 2.24) is 15.1 Å². The molecule has 3 amide bonds. The molecule has 0 radical (unpaired) electrons. The van der Waals surface area contributed by atoms with Gasteiger partial charge in [-0.1, -0.05) is 29.8 Å². The lowest BCUT2D eigenvalue weighted by molar-refractivity contribution is -0.132. The molecular weight excluding hydrogens is 529 g/mol. The molecular formula is C24H21ClFN3O5S2. The van der Waals surface area contributed by atoms with Crippen LogP contribution in [0.15, 0.2) is 70.9 Å². The number of piperazine rings is 1. The van der Waals surface area contributed by atoms with Crippen molar-refractivity contribution >= 4 is 50.5 Å². The van der Waals surface area contributed by atoms with Gasteiger partial charge in [0.2, 0.25) is 15.2 Å². The molecule has 4 rings (SSSR count). The van der Waals surface area contributed by atoms with Crippen molar-refractivity contribution in [1.29, 1.82) is 0 Å². The van der Waals surface area contributed by atoms with Crippen molar-refractivity contribution in [2.24, 2.45) is 0 Å². The van der Waals surface area contributed by atoms with E-state index in [1.54, 1.807) is 35.7 Å². The molecule has 1 aliphatic rings. The third-order valence-electron chi connectivity index (χ3n) is 5.67. The lowest BCUT2D eigenvalue weighted by Gasteiger charge is -2.36. The van der Waals surface area contributed by atoms with Gasteiger partial charge in [-0.3, -0.25) is 14.4 Å². The molecule has 0 saturated carbocycles. The van der Waals surface area contributed by atoms with Crippen LogP contribution in [0.4, 0.5) is 4.39 Å². The zero-order valence-electron chi connectivity index (χ0n) is 18.8. The number of nitrogens with zero attached hydrogens (tertiary/aromatic N) is 2. The summed E-state index contributed by atoms with van der Waals surface area (Å²) in [6, 6.07) is 13.8. The van der Waals surface area contributed by atoms with E-state index in [0.717, 1.165) is 35.6 Å². The normalized spacial score (nSPS) is 14.8. The van der Waals surface area contributed by atoms with E-state index in [9.17, 15) is 27.2 Å². The van der Waals surface area contributed by atoms with E-state index in [1.807, 2.05) is 0 Å². The second-order valence-electron chi connectivity index (χ2n) is 7.93. The van der Waals surface area contributed by atoms with E-state index in [4.69, 9.17) is 11.6 Å². The summed E-state index contributed by atoms with van der Waals surface area (Å²) in [6.45, 7) is 0.411. The molecule has 0 aliphatic carbocycles. The van der Waals surface area contributed by atoms with Crippen LogP contribution in [-0.2, 0) is 14.6 Å². The monoisotopic (exact) mass is 549 g/mol. The van der Waals surface area contributed by atoms with Crippen molar-refractivity contribution in [2.45, 2.75) is 10.3 Å². The van der Waals surface area contributed by atoms with E-state index in [2.05, 4.69) is 5.32 Å². The first-order chi connectivity index (χ1) is 17.2. The molecule has 12 heteroatoms. The van der Waals surface area contributed by atoms with Gasteiger partial charge in [-0.25, -0.2) is 12.8 Å². The highest BCUT2D eigenvalue weighted by Crippen LogP contribution is 2.21. The predicted octanol–water partition coefficient (Wildman–Crippen LogP) is 3.06. The minimum absolute atomic E-state index is 0.0549. The van der Waals surface area contributed by atoms with Gasteiger partial charge in [0, 0.05) is 26.2 Å². The summed E-state index contributed by atoms with van der Waals surface area (Å²) in [4.78, 5) is 41.7. The highest BCUT2D eigenvalue weighted by molar-refractivity contribution is 7.92. The molecule has 0 bridgehead atoms. The van der Waals surface area contributed by atoms with Gasteiger partial charge in [-0.2, -0.15) is 0 Å². The maximum Gasteiger partial charge on any atom is 0.262 e. The molecule has 1 atom stereocenters. The Morgan fingerprint density at radius 2 is 1.56 bits per heavy atom. The topological polar surface area (TPSA) is 104 Å². The number of halogens is 2. The van der Waals surface area contributed by atoms with Gasteiger partial charge < -0.3 is 15.1 Å². The third kappa shape index (κ3) is 5.43. The van der Waals surface area contributed by atoms with Crippen molar-refractivity contribution in [2.75, 3.05) is 26.2 Å². The number of benzene rings is 2. The average molecular weight is 550 g/mol. The van der Waals surface area contributed by atoms with E-state index < -0.39 is 32.8 Å². The molecule has 1 N–H and O–H groups in total. The molecule has 1 fully saturated rings. The van der Waals surface area contributed by atoms with Crippen LogP contribution in [0.3, 0.4) is 0 Å². The molecule has 2 heterocycles. The van der Waals surface area contributed by atoms with Gasteiger partial charge in [0.25, 0.3) is 17.7 Å². The molecule has 0 unspecified atom stereocenters. The highest BCUT2D eigenvalue weighted by atomic mass is 35.5. The number of hydrogen-bond donors (Lipinski definition) is 1. The number of nitrogens with one attached hydrogen (secondary N) is 1. The van der Waals surface area contributed by atoms with Crippen molar-refractivity contribution in [3.8, 4) is 0 Å². The third-order valence-corrected chi connectivity index (χ3v) is 8.73. The summed E-state index contributed by atoms with van der Waals surface area (Å²) >= 11 is 7.22. The SMILES string of the molecule is O=C(N[C@@H](C(=O)N1CCN(C(=O)c2ccccc2Cl)CC1)S(=O)(=O)c1ccc(F)cc1)c1cccs1. The summed E-state index contributed by atoms with van der Waals surface area (Å²) in [5, 5.41) is 2.37. The lowest BCUT2D eigenvalue weighted by atomic mass is 10.2. The molecule has 0 spiro atoms. The molecule has 2 aromatic carbocycles. The van der Waals surface area contributed by atoms with Gasteiger partial charge >= 0.3 is 0 Å². The molecule has 36 heavy (non-hydrogen) atoms. The van der Waals surface area contributed by atoms with Gasteiger partial charge in [-0.05, 0) is 47.8 Å². The standard InChI is InChI=1S/C24H21ClFN3O5S2/c25-19-5-2-1-4-18(19)23(31)28-11-13-29(14-12-28)24(32)22(27-21(30)20-6-3-15-35-20)36(33,34)17-9-7-16(26)8-10-17/h1-10,15,22H,11-14H2,(H,27,30)/t22-/m1/s1. The average Bonchev–Trinajstić information content (AvgIpc) is 3.42. The van der Waals surface area contributed by atoms with E-state index in [1.165, 1.54) is 15.9 Å². The fourth-order valence-corrected chi connectivity index (χ4v) is 6.04. The lowest BCUT2D eigenvalue weighted by Crippen LogP contribution is -2.57. The quantitative estimate of drug-likeness (QED) is 0.476. The summed E-state index contributed by atoms with van der Waals surface area (Å²) in [6.07, 6.45) is 0. The Hall–Kier alpha value is -3.28. The maximum atomic E-state index is 13.4. The Bertz CT molecular complexity index is 1370. The van der Waals surface area contributed by atoms with E-state index in [-0.39, 0.29) is 41.9 Å². The van der Waals surface area contributed by atoms with Crippen molar-refractivity contribution < 1.29 is 27.2 Å². The number of thiophene rings is 1. The number of sulfone groups is 1. The molecule has 188 valence electrons. The largest absolute Gasteiger partial charge is 0.336 e. The Morgan fingerprint density at radius 3 is 2.17 bits per heavy atom. The van der Waals surface area contributed by atoms with Gasteiger partial charge in [0.1, 0.15) is 5.82 Å². The Balaban J connectivity index is 1.54. The van der Waals surface area contributed by atoms with Crippen molar-refractivity contribution in [3.05, 3.63) is 87.3 Å². The number of hydrogen-bond acceptors (Lipinski definition) is 6. The second-order valence-corrected chi connectivity index (χ2v) is 11.3. The van der Waals surface area contributed by atoms with Crippen LogP contribution in [0.25, 0.3) is 0 Å². The molecule has 1 aliphatic heterocycles. The smallest absolute Gasteiger partial charge is 0.262 e. The van der Waals surface area contributed by atoms with Crippen LogP contribution in [-0.4, -0.2) is 67.5 Å². The van der Waals surface area contributed by atoms with Gasteiger partial charge in [0.15, 0.2) is 0 Å². The van der Waals surface area contributed by atoms with Crippen LogP contribution < -0.4 is 5.32 Å². The van der Waals surface area contributed by atoms with Crippen molar-refractivity contribution in [3.63, 3.8) is 0 Å². The Kier molecular flexibility index (Phi) is 7.72. The highest BCUT2D eigenvalue weighted by Gasteiger charge is 2.40. The van der Waals surface area contributed by atoms with E-state index >= 15 is 0 Å². The number of carbonyl (C=O) groups excluding carboxylic acids is 3. The fourth-order valence-electron chi connectivity index (χ4n) is 3.73. The predicted molar refractivity (Wildman–Crippen MR) is 133 cm³/mol. The second kappa shape index (κ2) is 10.8. The first-order valence-electron chi connectivity index (χ1n) is 10.8. The maximum absolute atomic E-state index is 13.4. The summed E-state index contributed by atoms with van der Waals surface area (Å²) in [5.74, 6) is -2.50. The minimum Gasteiger partial charge on any atom is -0.336 e. The fraction of sp³-hybridized carbons (Fsp3) is 0.208. The first-order valence-corrected chi connectivity index (χ1v) is 13.7. The first kappa shape index (κ1) is 25.8. The number of amides is 3. The molecule has 3 aromatic rings. The van der Waals surface area contributed by atoms with Crippen LogP contribution in [0.5, 0.6) is 0 Å². The molecule has 1 aromatic heterocycles. The minimum atomic E-state index is -4.41. The van der Waals surface area contributed by atoms with Crippen LogP contribution in [0.2, 0.25) is 5.02 Å². The summed E-state index contributed by atoms with van der Waals surface area (Å²) < 4.78 is 40.1. The zero-order chi connectivity index (χ0) is 25.9. The Labute approximate surface area is 216 Å². The molecule has 8 nitrogen and oxygen atoms in total. The number of carbonyl (C=O) groups is 3. The summed E-state index contributed by atoms with van der Waals surface area (Å²) in [5.41, 5.74) is 0.332. The van der Waals surface area contributed by atoms with Crippen LogP contribution >= 0.6 is 22.9 Å². The van der Waals surface area contributed by atoms with Gasteiger partial charge in [0.05, 0.1) is 20.4 Å². The van der Waals surface area contributed by atoms with Gasteiger partial charge in [-0.15, -0.1) is 11.3 Å². The van der Waals surface area contributed by atoms with Crippen LogP contribution in [0.1, 0.15) is 20.0 Å². The zero-order valence-corrected chi connectivity index (χ0v) is 21.2. The Morgan fingerprint density at radius 1 is 0.917 bits per heavy atom. The number of rotatable bonds is 6. The summed E-state index contributed by atoms with van der Waals surface area (Å²) in [7, 11) is -4.41. The molecule has 1 saturated heterocycles. The van der Waals surface area contributed by atoms with Crippen LogP contribution in [0, 0.1) is 5.82 Å². The van der Waals surface area contributed by atoms with E-state index in [0.29, 0.717) is 10.6 Å².